The molecule has 1 heterocycles. The second kappa shape index (κ2) is 6.47. The van der Waals surface area contributed by atoms with Crippen LogP contribution in [0.4, 0.5) is 5.69 Å². The Labute approximate surface area is 116 Å². The van der Waals surface area contributed by atoms with Crippen LogP contribution in [0.2, 0.25) is 0 Å². The van der Waals surface area contributed by atoms with Crippen molar-refractivity contribution in [1.29, 1.82) is 0 Å². The lowest BCUT2D eigenvalue weighted by Gasteiger charge is -2.09. The maximum Gasteiger partial charge on any atom is 0.339 e. The highest BCUT2D eigenvalue weighted by Crippen LogP contribution is 2.16. The first-order valence-corrected chi connectivity index (χ1v) is 6.07. The largest absolute Gasteiger partial charge is 0.465 e. The van der Waals surface area contributed by atoms with Crippen molar-refractivity contribution in [3.8, 4) is 0 Å². The van der Waals surface area contributed by atoms with Crippen molar-refractivity contribution in [2.45, 2.75) is 6.42 Å². The smallest absolute Gasteiger partial charge is 0.339 e. The summed E-state index contributed by atoms with van der Waals surface area (Å²) in [7, 11) is 1.30. The van der Waals surface area contributed by atoms with Crippen molar-refractivity contribution in [1.82, 2.24) is 4.98 Å². The normalized spacial score (nSPS) is 9.85. The molecule has 0 aliphatic carbocycles. The van der Waals surface area contributed by atoms with E-state index < -0.39 is 5.97 Å². The molecular weight excluding hydrogens is 256 g/mol. The third kappa shape index (κ3) is 3.41. The number of carbonyl (C=O) groups is 2. The number of ether oxygens (including phenoxy) is 1. The molecule has 2 aromatic rings. The molecule has 0 spiro atoms. The van der Waals surface area contributed by atoms with Crippen LogP contribution in [0.15, 0.2) is 48.8 Å². The van der Waals surface area contributed by atoms with Gasteiger partial charge in [0, 0.05) is 12.4 Å². The third-order valence-electron chi connectivity index (χ3n) is 2.72. The summed E-state index contributed by atoms with van der Waals surface area (Å²) in [5, 5.41) is 2.71. The van der Waals surface area contributed by atoms with E-state index in [9.17, 15) is 9.59 Å². The van der Waals surface area contributed by atoms with Gasteiger partial charge in [0.2, 0.25) is 5.91 Å². The lowest BCUT2D eigenvalue weighted by molar-refractivity contribution is -0.115. The zero-order valence-corrected chi connectivity index (χ0v) is 11.0. The Balaban J connectivity index is 2.10. The van der Waals surface area contributed by atoms with E-state index in [1.807, 2.05) is 0 Å². The minimum absolute atomic E-state index is 0.201. The van der Waals surface area contributed by atoms with Gasteiger partial charge in [0.15, 0.2) is 0 Å². The second-order valence-corrected chi connectivity index (χ2v) is 4.12. The first-order valence-electron chi connectivity index (χ1n) is 6.07. The molecule has 2 rings (SSSR count). The van der Waals surface area contributed by atoms with Gasteiger partial charge in [-0.25, -0.2) is 4.79 Å². The zero-order chi connectivity index (χ0) is 14.4. The number of aromatic nitrogens is 1. The second-order valence-electron chi connectivity index (χ2n) is 4.12. The summed E-state index contributed by atoms with van der Waals surface area (Å²) in [6, 6.07) is 10.3. The molecule has 0 saturated heterocycles. The van der Waals surface area contributed by atoms with Gasteiger partial charge < -0.3 is 10.1 Å². The highest BCUT2D eigenvalue weighted by molar-refractivity contribution is 6.01. The minimum atomic E-state index is -0.482. The summed E-state index contributed by atoms with van der Waals surface area (Å²) >= 11 is 0. The number of benzene rings is 1. The minimum Gasteiger partial charge on any atom is -0.465 e. The standard InChI is InChI=1S/C15H14N2O3/c1-20-15(19)12-4-2-3-5-13(12)17-14(18)10-11-6-8-16-9-7-11/h2-9H,10H2,1H3,(H,17,18). The van der Waals surface area contributed by atoms with Crippen molar-refractivity contribution in [3.63, 3.8) is 0 Å². The first kappa shape index (κ1) is 13.7. The van der Waals surface area contributed by atoms with Crippen molar-refractivity contribution in [2.24, 2.45) is 0 Å². The van der Waals surface area contributed by atoms with E-state index >= 15 is 0 Å². The molecule has 1 aromatic carbocycles. The van der Waals surface area contributed by atoms with Gasteiger partial charge in [0.05, 0.1) is 24.8 Å². The predicted molar refractivity (Wildman–Crippen MR) is 74.4 cm³/mol. The topological polar surface area (TPSA) is 68.3 Å². The van der Waals surface area contributed by atoms with Crippen LogP contribution in [0, 0.1) is 0 Å². The zero-order valence-electron chi connectivity index (χ0n) is 11.0. The SMILES string of the molecule is COC(=O)c1ccccc1NC(=O)Cc1ccncc1. The third-order valence-corrected chi connectivity index (χ3v) is 2.72. The summed E-state index contributed by atoms with van der Waals surface area (Å²) in [6.07, 6.45) is 3.48. The number of methoxy groups -OCH3 is 1. The predicted octanol–water partition coefficient (Wildman–Crippen LogP) is 2.05. The van der Waals surface area contributed by atoms with Crippen LogP contribution in [0.3, 0.4) is 0 Å². The number of nitrogens with zero attached hydrogens (tertiary/aromatic N) is 1. The molecule has 0 saturated carbocycles. The van der Waals surface area contributed by atoms with E-state index in [0.717, 1.165) is 5.56 Å². The van der Waals surface area contributed by atoms with Crippen LogP contribution in [0.25, 0.3) is 0 Å². The molecule has 5 heteroatoms. The van der Waals surface area contributed by atoms with E-state index in [1.54, 1.807) is 48.8 Å². The molecule has 102 valence electrons. The van der Waals surface area contributed by atoms with E-state index in [0.29, 0.717) is 11.3 Å². The summed E-state index contributed by atoms with van der Waals surface area (Å²) in [5.41, 5.74) is 1.63. The summed E-state index contributed by atoms with van der Waals surface area (Å²) in [5.74, 6) is -0.683. The Morgan fingerprint density at radius 3 is 2.55 bits per heavy atom. The van der Waals surface area contributed by atoms with E-state index in [1.165, 1.54) is 7.11 Å². The fourth-order valence-electron chi connectivity index (χ4n) is 1.76. The molecule has 0 unspecified atom stereocenters. The van der Waals surface area contributed by atoms with Crippen molar-refractivity contribution in [2.75, 3.05) is 12.4 Å². The summed E-state index contributed by atoms with van der Waals surface area (Å²) in [4.78, 5) is 27.4. The molecule has 1 amide bonds. The van der Waals surface area contributed by atoms with Gasteiger partial charge in [-0.2, -0.15) is 0 Å². The van der Waals surface area contributed by atoms with Gasteiger partial charge in [-0.1, -0.05) is 12.1 Å². The van der Waals surface area contributed by atoms with Crippen molar-refractivity contribution in [3.05, 3.63) is 59.9 Å². The van der Waals surface area contributed by atoms with Gasteiger partial charge in [-0.05, 0) is 29.8 Å². The quantitative estimate of drug-likeness (QED) is 0.863. The van der Waals surface area contributed by atoms with Crippen LogP contribution in [0.1, 0.15) is 15.9 Å². The Kier molecular flexibility index (Phi) is 4.44. The molecule has 1 N–H and O–H groups in total. The summed E-state index contributed by atoms with van der Waals surface area (Å²) in [6.45, 7) is 0. The fourth-order valence-corrected chi connectivity index (χ4v) is 1.76. The van der Waals surface area contributed by atoms with Crippen molar-refractivity contribution < 1.29 is 14.3 Å². The summed E-state index contributed by atoms with van der Waals surface area (Å²) < 4.78 is 4.68. The number of pyridine rings is 1. The maximum absolute atomic E-state index is 12.0. The molecule has 20 heavy (non-hydrogen) atoms. The van der Waals surface area contributed by atoms with E-state index in [4.69, 9.17) is 0 Å². The molecule has 0 aliphatic heterocycles. The van der Waals surface area contributed by atoms with E-state index in [-0.39, 0.29) is 12.3 Å². The average Bonchev–Trinajstić information content (AvgIpc) is 2.48. The number of nitrogens with one attached hydrogen (secondary N) is 1. The number of anilines is 1. The Morgan fingerprint density at radius 1 is 1.15 bits per heavy atom. The van der Waals surface area contributed by atoms with Gasteiger partial charge in [-0.3, -0.25) is 9.78 Å². The van der Waals surface area contributed by atoms with Crippen LogP contribution in [0.5, 0.6) is 0 Å². The molecular formula is C15H14N2O3. The van der Waals surface area contributed by atoms with Gasteiger partial charge >= 0.3 is 5.97 Å². The van der Waals surface area contributed by atoms with Crippen LogP contribution in [-0.4, -0.2) is 24.0 Å². The van der Waals surface area contributed by atoms with Crippen LogP contribution >= 0.6 is 0 Å². The number of esters is 1. The van der Waals surface area contributed by atoms with Crippen molar-refractivity contribution >= 4 is 17.6 Å². The molecule has 0 fully saturated rings. The number of amides is 1. The average molecular weight is 270 g/mol. The van der Waals surface area contributed by atoms with Crippen LogP contribution in [-0.2, 0) is 16.0 Å². The molecule has 1 aromatic heterocycles. The van der Waals surface area contributed by atoms with Crippen LogP contribution < -0.4 is 5.32 Å². The lowest BCUT2D eigenvalue weighted by atomic mass is 10.1. The Morgan fingerprint density at radius 2 is 1.85 bits per heavy atom. The molecule has 0 radical (unpaired) electrons. The number of hydrogen-bond donors (Lipinski definition) is 1. The Bertz CT molecular complexity index is 612. The number of carbonyl (C=O) groups excluding carboxylic acids is 2. The molecule has 0 atom stereocenters. The van der Waals surface area contributed by atoms with Gasteiger partial charge in [0.1, 0.15) is 0 Å². The molecule has 0 bridgehead atoms. The van der Waals surface area contributed by atoms with Gasteiger partial charge in [-0.15, -0.1) is 0 Å². The fraction of sp³-hybridized carbons (Fsp3) is 0.133. The van der Waals surface area contributed by atoms with E-state index in [2.05, 4.69) is 15.0 Å². The Hall–Kier alpha value is -2.69. The van der Waals surface area contributed by atoms with Gasteiger partial charge in [0.25, 0.3) is 0 Å². The lowest BCUT2D eigenvalue weighted by Crippen LogP contribution is -2.17. The highest BCUT2D eigenvalue weighted by Gasteiger charge is 2.13. The highest BCUT2D eigenvalue weighted by atomic mass is 16.5. The number of rotatable bonds is 4. The maximum atomic E-state index is 12.0. The molecule has 5 nitrogen and oxygen atoms in total. The first-order chi connectivity index (χ1) is 9.70. The molecule has 0 aliphatic rings. The number of para-hydroxylation sites is 1. The monoisotopic (exact) mass is 270 g/mol. The number of hydrogen-bond acceptors (Lipinski definition) is 4.